The third-order valence-corrected chi connectivity index (χ3v) is 6.35. The highest BCUT2D eigenvalue weighted by atomic mass is 35.5. The molecule has 0 aliphatic heterocycles. The van der Waals surface area contributed by atoms with E-state index in [1.165, 1.54) is 55.5 Å². The average molecular weight is 425 g/mol. The maximum absolute atomic E-state index is 13.3. The zero-order valence-electron chi connectivity index (χ0n) is 17.4. The first-order chi connectivity index (χ1) is 14.7. The smallest absolute Gasteiger partial charge is 0.123 e. The van der Waals surface area contributed by atoms with E-state index in [0.29, 0.717) is 0 Å². The summed E-state index contributed by atoms with van der Waals surface area (Å²) in [5.41, 5.74) is 3.66. The topological polar surface area (TPSA) is 8.17 Å². The molecule has 3 aromatic rings. The van der Waals surface area contributed by atoms with Gasteiger partial charge in [0.2, 0.25) is 0 Å². The van der Waals surface area contributed by atoms with Gasteiger partial charge in [-0.3, -0.25) is 4.90 Å². The molecule has 0 unspecified atom stereocenters. The molecule has 1 aromatic heterocycles. The molecule has 0 saturated heterocycles. The molecule has 2 aromatic carbocycles. The van der Waals surface area contributed by atoms with Crippen molar-refractivity contribution in [2.75, 3.05) is 6.54 Å². The molecule has 1 aliphatic rings. The van der Waals surface area contributed by atoms with Gasteiger partial charge in [-0.25, -0.2) is 4.39 Å². The summed E-state index contributed by atoms with van der Waals surface area (Å²) in [7, 11) is 0. The second kappa shape index (κ2) is 10.3. The van der Waals surface area contributed by atoms with Gasteiger partial charge in [-0.2, -0.15) is 0 Å². The highest BCUT2D eigenvalue weighted by Gasteiger charge is 2.19. The van der Waals surface area contributed by atoms with Crippen LogP contribution in [0.1, 0.15) is 48.9 Å². The van der Waals surface area contributed by atoms with E-state index in [0.717, 1.165) is 42.7 Å². The Balaban J connectivity index is 1.49. The molecule has 0 spiro atoms. The van der Waals surface area contributed by atoms with Crippen molar-refractivity contribution in [3.8, 4) is 0 Å². The van der Waals surface area contributed by atoms with E-state index in [2.05, 4.69) is 39.9 Å². The van der Waals surface area contributed by atoms with Crippen LogP contribution in [-0.2, 0) is 19.6 Å². The zero-order valence-corrected chi connectivity index (χ0v) is 18.2. The average Bonchev–Trinajstić information content (AvgIpc) is 3.17. The zero-order chi connectivity index (χ0) is 20.8. The first kappa shape index (κ1) is 21.1. The largest absolute Gasteiger partial charge is 0.346 e. The second-order valence-electron chi connectivity index (χ2n) is 8.56. The fourth-order valence-electron chi connectivity index (χ4n) is 4.58. The minimum Gasteiger partial charge on any atom is -0.346 e. The van der Waals surface area contributed by atoms with Gasteiger partial charge in [0.05, 0.1) is 0 Å². The van der Waals surface area contributed by atoms with Crippen molar-refractivity contribution in [1.29, 1.82) is 0 Å². The van der Waals surface area contributed by atoms with Gasteiger partial charge in [-0.15, -0.1) is 0 Å². The summed E-state index contributed by atoms with van der Waals surface area (Å²) in [6.45, 7) is 3.68. The molecular weight excluding hydrogens is 395 g/mol. The fourth-order valence-corrected chi connectivity index (χ4v) is 4.79. The van der Waals surface area contributed by atoms with Crippen LogP contribution in [0.3, 0.4) is 0 Å². The Labute approximate surface area is 184 Å². The molecule has 4 rings (SSSR count). The second-order valence-corrected chi connectivity index (χ2v) is 8.99. The summed E-state index contributed by atoms with van der Waals surface area (Å²) >= 11 is 6.24. The Morgan fingerprint density at radius 3 is 2.47 bits per heavy atom. The van der Waals surface area contributed by atoms with Gasteiger partial charge in [0, 0.05) is 43.1 Å². The van der Waals surface area contributed by atoms with Crippen molar-refractivity contribution < 1.29 is 4.39 Å². The van der Waals surface area contributed by atoms with Crippen LogP contribution >= 0.6 is 11.6 Å². The number of nitrogens with zero attached hydrogens (tertiary/aromatic N) is 2. The number of hydrogen-bond acceptors (Lipinski definition) is 1. The number of halogens is 2. The van der Waals surface area contributed by atoms with Crippen LogP contribution in [-0.4, -0.2) is 16.0 Å². The maximum Gasteiger partial charge on any atom is 0.123 e. The Kier molecular flexibility index (Phi) is 7.24. The first-order valence-electron chi connectivity index (χ1n) is 11.0. The quantitative estimate of drug-likeness (QED) is 0.381. The lowest BCUT2D eigenvalue weighted by atomic mass is 9.89. The number of aromatic nitrogens is 1. The lowest BCUT2D eigenvalue weighted by Crippen LogP contribution is -2.30. The highest BCUT2D eigenvalue weighted by Crippen LogP contribution is 2.26. The Hall–Kier alpha value is -2.10. The van der Waals surface area contributed by atoms with Crippen molar-refractivity contribution in [2.45, 2.75) is 51.7 Å². The number of rotatable bonds is 8. The highest BCUT2D eigenvalue weighted by molar-refractivity contribution is 6.30. The predicted octanol–water partition coefficient (Wildman–Crippen LogP) is 6.91. The van der Waals surface area contributed by atoms with E-state index < -0.39 is 0 Å². The molecule has 1 heterocycles. The summed E-state index contributed by atoms with van der Waals surface area (Å²) < 4.78 is 15.5. The van der Waals surface area contributed by atoms with Crippen molar-refractivity contribution >= 4 is 11.6 Å². The van der Waals surface area contributed by atoms with Crippen molar-refractivity contribution in [1.82, 2.24) is 9.47 Å². The minimum absolute atomic E-state index is 0.188. The monoisotopic (exact) mass is 424 g/mol. The van der Waals surface area contributed by atoms with Crippen LogP contribution in [0.2, 0.25) is 5.02 Å². The van der Waals surface area contributed by atoms with Crippen LogP contribution in [0.25, 0.3) is 0 Å². The van der Waals surface area contributed by atoms with Crippen molar-refractivity contribution in [2.24, 2.45) is 5.92 Å². The van der Waals surface area contributed by atoms with Gasteiger partial charge < -0.3 is 4.57 Å². The summed E-state index contributed by atoms with van der Waals surface area (Å²) in [6.07, 6.45) is 8.89. The summed E-state index contributed by atoms with van der Waals surface area (Å²) in [4.78, 5) is 2.57. The third kappa shape index (κ3) is 5.96. The van der Waals surface area contributed by atoms with E-state index in [1.807, 2.05) is 24.3 Å². The van der Waals surface area contributed by atoms with E-state index in [4.69, 9.17) is 11.6 Å². The molecule has 0 N–H and O–H groups in total. The van der Waals surface area contributed by atoms with Crippen molar-refractivity contribution in [3.63, 3.8) is 0 Å². The molecule has 2 nitrogen and oxygen atoms in total. The minimum atomic E-state index is -0.188. The van der Waals surface area contributed by atoms with Crippen LogP contribution in [0, 0.1) is 11.7 Å². The standard InChI is InChI=1S/C26H30ClFN2/c27-24-9-4-8-23(16-24)18-29(17-21-6-2-1-3-7-21)20-26-10-5-15-30(26)19-22-11-13-25(28)14-12-22/h4-5,8-16,21H,1-3,6-7,17-20H2. The maximum atomic E-state index is 13.3. The number of benzene rings is 2. The molecule has 1 fully saturated rings. The van der Waals surface area contributed by atoms with Gasteiger partial charge in [0.15, 0.2) is 0 Å². The Morgan fingerprint density at radius 2 is 1.70 bits per heavy atom. The van der Waals surface area contributed by atoms with Crippen LogP contribution in [0.15, 0.2) is 66.9 Å². The molecule has 0 bridgehead atoms. The van der Waals surface area contributed by atoms with Crippen LogP contribution in [0.5, 0.6) is 0 Å². The SMILES string of the molecule is Fc1ccc(Cn2cccc2CN(Cc2cccc(Cl)c2)CC2CCCCC2)cc1. The molecule has 30 heavy (non-hydrogen) atoms. The molecule has 0 atom stereocenters. The van der Waals surface area contributed by atoms with E-state index in [-0.39, 0.29) is 5.82 Å². The van der Waals surface area contributed by atoms with E-state index in [1.54, 1.807) is 0 Å². The molecule has 1 saturated carbocycles. The Morgan fingerprint density at radius 1 is 0.900 bits per heavy atom. The van der Waals surface area contributed by atoms with Crippen molar-refractivity contribution in [3.05, 3.63) is 94.5 Å². The van der Waals surface area contributed by atoms with Gasteiger partial charge in [0.1, 0.15) is 5.82 Å². The molecule has 4 heteroatoms. The molecule has 0 radical (unpaired) electrons. The lowest BCUT2D eigenvalue weighted by molar-refractivity contribution is 0.183. The van der Waals surface area contributed by atoms with Gasteiger partial charge in [0.25, 0.3) is 0 Å². The van der Waals surface area contributed by atoms with Crippen LogP contribution in [0.4, 0.5) is 4.39 Å². The first-order valence-corrected chi connectivity index (χ1v) is 11.4. The molecular formula is C26H30ClFN2. The van der Waals surface area contributed by atoms with E-state index in [9.17, 15) is 4.39 Å². The lowest BCUT2D eigenvalue weighted by Gasteiger charge is -2.30. The van der Waals surface area contributed by atoms with E-state index >= 15 is 0 Å². The summed E-state index contributed by atoms with van der Waals surface area (Å²) in [5, 5.41) is 0.796. The molecule has 0 amide bonds. The van der Waals surface area contributed by atoms with Gasteiger partial charge in [-0.05, 0) is 66.3 Å². The molecule has 158 valence electrons. The fraction of sp³-hybridized carbons (Fsp3) is 0.385. The molecule has 1 aliphatic carbocycles. The number of hydrogen-bond donors (Lipinski definition) is 0. The summed E-state index contributed by atoms with van der Waals surface area (Å²) in [6, 6.07) is 19.3. The normalized spacial score (nSPS) is 15.0. The Bertz CT molecular complexity index is 928. The van der Waals surface area contributed by atoms with Crippen LogP contribution < -0.4 is 0 Å². The van der Waals surface area contributed by atoms with Gasteiger partial charge >= 0.3 is 0 Å². The van der Waals surface area contributed by atoms with Gasteiger partial charge in [-0.1, -0.05) is 55.1 Å². The summed E-state index contributed by atoms with van der Waals surface area (Å²) in [5.74, 6) is 0.588. The predicted molar refractivity (Wildman–Crippen MR) is 122 cm³/mol. The third-order valence-electron chi connectivity index (χ3n) is 6.11.